The number of hydrogen-bond donors (Lipinski definition) is 0. The summed E-state index contributed by atoms with van der Waals surface area (Å²) in [6.07, 6.45) is 4.85. The number of allylic oxidation sites excluding steroid dienone is 2. The second kappa shape index (κ2) is 16.1. The molecule has 0 saturated carbocycles. The van der Waals surface area contributed by atoms with Gasteiger partial charge in [0.2, 0.25) is 0 Å². The van der Waals surface area contributed by atoms with Crippen LogP contribution in [0.1, 0.15) is 97.1 Å². The Kier molecular flexibility index (Phi) is 11.9. The van der Waals surface area contributed by atoms with Gasteiger partial charge in [-0.3, -0.25) is 0 Å². The van der Waals surface area contributed by atoms with Gasteiger partial charge >= 0.3 is 398 Å². The van der Waals surface area contributed by atoms with Crippen LogP contribution in [-0.2, 0) is 15.0 Å². The van der Waals surface area contributed by atoms with Gasteiger partial charge in [0.25, 0.3) is 0 Å². The minimum absolute atomic E-state index is 0.238. The van der Waals surface area contributed by atoms with Crippen molar-refractivity contribution < 1.29 is 23.8 Å². The molecule has 2 aromatic heterocycles. The topological polar surface area (TPSA) is 26.3 Å². The fourth-order valence-corrected chi connectivity index (χ4v) is 44.9. The SMILES string of the molecule is Cc1cc(C2=Cc3c(ccc(C)c3-c3cc(C)c([Si](C)(C)C)c(C)c3)[CH]2[Zr]([Cl])([Cl])([CH]2C(c3cc(C)c(C)o3)=Cc3c2ccc(C)c3-c2cc(C)c([Si](C)(C)C)c(C)c2)=[Si](C)C)oc1C. The predicted molar refractivity (Wildman–Crippen MR) is 285 cm³/mol. The molecular weight excluding hydrogens is 951 g/mol. The van der Waals surface area contributed by atoms with E-state index < -0.39 is 36.6 Å². The quantitative estimate of drug-likeness (QED) is 0.142. The molecule has 64 heavy (non-hydrogen) atoms. The van der Waals surface area contributed by atoms with E-state index in [1.54, 1.807) is 10.4 Å². The Labute approximate surface area is 394 Å². The van der Waals surface area contributed by atoms with E-state index in [4.69, 9.17) is 25.9 Å². The third kappa shape index (κ3) is 7.48. The second-order valence-electron chi connectivity index (χ2n) is 21.9. The summed E-state index contributed by atoms with van der Waals surface area (Å²) in [6, 6.07) is 23.6. The van der Waals surface area contributed by atoms with Gasteiger partial charge in [-0.15, -0.1) is 0 Å². The van der Waals surface area contributed by atoms with Crippen molar-refractivity contribution in [3.63, 3.8) is 0 Å². The molecule has 2 heterocycles. The zero-order valence-electron chi connectivity index (χ0n) is 41.7. The third-order valence-electron chi connectivity index (χ3n) is 14.9. The van der Waals surface area contributed by atoms with Crippen molar-refractivity contribution >= 4 is 72.3 Å². The standard InChI is InChI=1S/2C27H31OSi.C2H6Si.2ClH.Zr/c2*1-16-9-10-21-14-22(25-13-17(2)20(5)28-25)15-24(21)26(16)23-11-18(3)27(19(4)12-23)29(6,7)8;1-3-2;;;/h2*9-15H,1-8H3;1-2H3;2*1H;/q;;;;;+2/p-2. The van der Waals surface area contributed by atoms with E-state index in [-0.39, 0.29) is 7.25 Å². The van der Waals surface area contributed by atoms with Crippen LogP contribution in [0.2, 0.25) is 52.4 Å². The minimum atomic E-state index is -5.49. The molecule has 0 aliphatic heterocycles. The number of fused-ring (bicyclic) bond motifs is 2. The summed E-state index contributed by atoms with van der Waals surface area (Å²) in [5, 5.41) is 3.10. The van der Waals surface area contributed by atoms with Crippen LogP contribution in [0.25, 0.3) is 45.6 Å². The van der Waals surface area contributed by atoms with Gasteiger partial charge in [0, 0.05) is 0 Å². The van der Waals surface area contributed by atoms with Crippen LogP contribution < -0.4 is 10.4 Å². The van der Waals surface area contributed by atoms with Gasteiger partial charge in [0.1, 0.15) is 0 Å². The molecule has 0 fully saturated rings. The van der Waals surface area contributed by atoms with Crippen molar-refractivity contribution in [1.29, 1.82) is 0 Å². The van der Waals surface area contributed by atoms with E-state index in [9.17, 15) is 0 Å². The van der Waals surface area contributed by atoms with Gasteiger partial charge in [0.15, 0.2) is 0 Å². The van der Waals surface area contributed by atoms with E-state index in [0.717, 1.165) is 45.3 Å². The van der Waals surface area contributed by atoms with Gasteiger partial charge in [-0.25, -0.2) is 0 Å². The van der Waals surface area contributed by atoms with E-state index in [2.05, 4.69) is 194 Å². The molecule has 2 unspecified atom stereocenters. The first-order valence-corrected chi connectivity index (χ1v) is 45.5. The maximum absolute atomic E-state index is 9.16. The molecule has 4 aromatic carbocycles. The first kappa shape index (κ1) is 47.5. The van der Waals surface area contributed by atoms with Crippen LogP contribution >= 0.6 is 17.0 Å². The number of halogens is 2. The van der Waals surface area contributed by atoms with Crippen LogP contribution in [0.4, 0.5) is 0 Å². The normalized spacial score (nSPS) is 16.6. The van der Waals surface area contributed by atoms with Crippen LogP contribution in [0.5, 0.6) is 0 Å². The summed E-state index contributed by atoms with van der Waals surface area (Å²) in [7, 11) is 15.2. The zero-order chi connectivity index (χ0) is 46.9. The summed E-state index contributed by atoms with van der Waals surface area (Å²) in [5.41, 5.74) is 21.0. The third-order valence-corrected chi connectivity index (χ3v) is 65.7. The summed E-state index contributed by atoms with van der Waals surface area (Å²) in [6.45, 7) is 41.7. The summed E-state index contributed by atoms with van der Waals surface area (Å²) in [5.74, 6) is 3.59. The molecule has 6 aromatic rings. The van der Waals surface area contributed by atoms with Crippen LogP contribution in [0.15, 0.2) is 69.5 Å². The summed E-state index contributed by atoms with van der Waals surface area (Å²) >= 11 is -5.49. The number of rotatable bonds is 8. The molecule has 8 heteroatoms. The molecule has 0 spiro atoms. The number of aryl methyl sites for hydroxylation is 10. The Morgan fingerprint density at radius 2 is 0.797 bits per heavy atom. The van der Waals surface area contributed by atoms with E-state index in [1.807, 2.05) is 0 Å². The molecule has 0 bridgehead atoms. The fraction of sp³-hybridized carbons (Fsp3) is 0.357. The second-order valence-corrected chi connectivity index (χ2v) is 70.7. The van der Waals surface area contributed by atoms with Crippen molar-refractivity contribution in [3.8, 4) is 22.3 Å². The van der Waals surface area contributed by atoms with E-state index in [1.165, 1.54) is 77.9 Å². The van der Waals surface area contributed by atoms with Gasteiger partial charge in [0.05, 0.1) is 0 Å². The van der Waals surface area contributed by atoms with Crippen molar-refractivity contribution in [1.82, 2.24) is 0 Å². The first-order chi connectivity index (χ1) is 29.6. The first-order valence-electron chi connectivity index (χ1n) is 23.1. The molecule has 2 aliphatic rings. The average Bonchev–Trinajstić information content (AvgIpc) is 3.92. The molecule has 2 nitrogen and oxygen atoms in total. The molecule has 334 valence electrons. The Bertz CT molecular complexity index is 2830. The number of benzene rings is 4. The van der Waals surface area contributed by atoms with Crippen LogP contribution in [-0.4, -0.2) is 21.6 Å². The van der Waals surface area contributed by atoms with Crippen molar-refractivity contribution in [2.24, 2.45) is 0 Å². The molecule has 0 radical (unpaired) electrons. The van der Waals surface area contributed by atoms with Crippen LogP contribution in [0, 0.1) is 69.2 Å². The van der Waals surface area contributed by atoms with Gasteiger partial charge in [-0.05, 0) is 0 Å². The number of furan rings is 2. The summed E-state index contributed by atoms with van der Waals surface area (Å²) < 4.78 is 13.1. The Morgan fingerprint density at radius 1 is 0.469 bits per heavy atom. The van der Waals surface area contributed by atoms with E-state index >= 15 is 0 Å². The van der Waals surface area contributed by atoms with Crippen molar-refractivity contribution in [2.45, 2.75) is 129 Å². The van der Waals surface area contributed by atoms with Gasteiger partial charge in [-0.1, -0.05) is 0 Å². The predicted octanol–water partition coefficient (Wildman–Crippen LogP) is 16.5. The Balaban J connectivity index is 1.46. The average molecular weight is 1020 g/mol. The van der Waals surface area contributed by atoms with E-state index in [0.29, 0.717) is 0 Å². The molecule has 8 rings (SSSR count). The Morgan fingerprint density at radius 3 is 1.06 bits per heavy atom. The van der Waals surface area contributed by atoms with Gasteiger partial charge in [-0.2, -0.15) is 0 Å². The zero-order valence-corrected chi connectivity index (χ0v) is 48.6. The monoisotopic (exact) mass is 1020 g/mol. The molecule has 0 amide bonds. The van der Waals surface area contributed by atoms with Crippen molar-refractivity contribution in [3.05, 3.63) is 150 Å². The molecule has 2 aliphatic carbocycles. The molecular formula is C56H68Cl2O2Si3Zr. The fourth-order valence-electron chi connectivity index (χ4n) is 12.2. The summed E-state index contributed by atoms with van der Waals surface area (Å²) in [4.78, 5) is 0. The molecule has 0 N–H and O–H groups in total. The molecule has 0 saturated heterocycles. The van der Waals surface area contributed by atoms with Crippen molar-refractivity contribution in [2.75, 3.05) is 0 Å². The molecule has 2 atom stereocenters. The Hall–Kier alpha value is -2.97. The number of hydrogen-bond acceptors (Lipinski definition) is 2. The maximum atomic E-state index is 9.16. The van der Waals surface area contributed by atoms with Crippen LogP contribution in [0.3, 0.4) is 0 Å². The van der Waals surface area contributed by atoms with Gasteiger partial charge < -0.3 is 0 Å².